The second-order valence-electron chi connectivity index (χ2n) is 5.45. The molecule has 23 heavy (non-hydrogen) atoms. The fraction of sp³-hybridized carbons (Fsp3) is 0.333. The van der Waals surface area contributed by atoms with Crippen molar-refractivity contribution in [2.24, 2.45) is 0 Å². The molecular weight excluding hydrogens is 293 g/mol. The summed E-state index contributed by atoms with van der Waals surface area (Å²) in [4.78, 5) is 18.1. The number of carbonyl (C=O) groups is 1. The lowest BCUT2D eigenvalue weighted by Crippen LogP contribution is -2.28. The first-order valence-electron chi connectivity index (χ1n) is 7.80. The maximum absolute atomic E-state index is 13.6. The van der Waals surface area contributed by atoms with Crippen LogP contribution in [0.1, 0.15) is 35.8 Å². The van der Waals surface area contributed by atoms with Crippen LogP contribution in [0.4, 0.5) is 10.1 Å². The van der Waals surface area contributed by atoms with Crippen molar-refractivity contribution in [1.29, 1.82) is 0 Å². The van der Waals surface area contributed by atoms with Crippen molar-refractivity contribution >= 4 is 11.6 Å². The Morgan fingerprint density at radius 1 is 1.30 bits per heavy atom. The van der Waals surface area contributed by atoms with Crippen molar-refractivity contribution < 1.29 is 9.18 Å². The third-order valence-corrected chi connectivity index (χ3v) is 3.61. The van der Waals surface area contributed by atoms with Gasteiger partial charge in [-0.1, -0.05) is 31.5 Å². The Morgan fingerprint density at radius 2 is 2.09 bits per heavy atom. The summed E-state index contributed by atoms with van der Waals surface area (Å²) in [6.45, 7) is 3.16. The van der Waals surface area contributed by atoms with Crippen LogP contribution >= 0.6 is 0 Å². The molecule has 2 rings (SSSR count). The van der Waals surface area contributed by atoms with E-state index < -0.39 is 0 Å². The van der Waals surface area contributed by atoms with Gasteiger partial charge < -0.3 is 10.2 Å². The van der Waals surface area contributed by atoms with Crippen LogP contribution in [0.15, 0.2) is 42.6 Å². The molecule has 0 spiro atoms. The fourth-order valence-corrected chi connectivity index (χ4v) is 2.19. The monoisotopic (exact) mass is 315 g/mol. The van der Waals surface area contributed by atoms with Crippen LogP contribution in [0, 0.1) is 5.82 Å². The average Bonchev–Trinajstić information content (AvgIpc) is 2.58. The quantitative estimate of drug-likeness (QED) is 0.847. The van der Waals surface area contributed by atoms with E-state index in [4.69, 9.17) is 0 Å². The fourth-order valence-electron chi connectivity index (χ4n) is 2.19. The number of rotatable bonds is 7. The number of benzene rings is 1. The maximum atomic E-state index is 13.6. The van der Waals surface area contributed by atoms with Crippen molar-refractivity contribution in [2.45, 2.75) is 26.3 Å². The number of anilines is 1. The van der Waals surface area contributed by atoms with Gasteiger partial charge in [0.25, 0.3) is 5.91 Å². The molecule has 0 bridgehead atoms. The Bertz CT molecular complexity index is 660. The molecule has 0 saturated carbocycles. The lowest BCUT2D eigenvalue weighted by Gasteiger charge is -2.16. The van der Waals surface area contributed by atoms with Crippen LogP contribution in [0.25, 0.3) is 0 Å². The third kappa shape index (κ3) is 4.77. The minimum Gasteiger partial charge on any atom is -0.381 e. The summed E-state index contributed by atoms with van der Waals surface area (Å²) in [5.74, 6) is -0.349. The van der Waals surface area contributed by atoms with Crippen molar-refractivity contribution in [1.82, 2.24) is 9.88 Å². The molecule has 4 nitrogen and oxygen atoms in total. The lowest BCUT2D eigenvalue weighted by atomic mass is 10.2. The summed E-state index contributed by atoms with van der Waals surface area (Å²) in [5.41, 5.74) is 1.72. The van der Waals surface area contributed by atoms with Gasteiger partial charge in [0.2, 0.25) is 0 Å². The average molecular weight is 315 g/mol. The van der Waals surface area contributed by atoms with E-state index in [1.165, 1.54) is 6.07 Å². The Kier molecular flexibility index (Phi) is 6.09. The van der Waals surface area contributed by atoms with Crippen LogP contribution in [0.5, 0.6) is 0 Å². The molecule has 0 radical (unpaired) electrons. The van der Waals surface area contributed by atoms with E-state index in [-0.39, 0.29) is 11.7 Å². The molecule has 0 aliphatic heterocycles. The molecule has 2 aromatic rings. The molecule has 0 aliphatic rings. The smallest absolute Gasteiger partial charge is 0.272 e. The number of nitrogens with zero attached hydrogens (tertiary/aromatic N) is 2. The van der Waals surface area contributed by atoms with Gasteiger partial charge in [-0.3, -0.25) is 9.78 Å². The molecular formula is C18H22FN3O. The molecule has 122 valence electrons. The highest BCUT2D eigenvalue weighted by molar-refractivity contribution is 5.92. The lowest BCUT2D eigenvalue weighted by molar-refractivity contribution is 0.0787. The van der Waals surface area contributed by atoms with E-state index in [2.05, 4.69) is 17.2 Å². The van der Waals surface area contributed by atoms with Crippen molar-refractivity contribution in [3.05, 3.63) is 59.7 Å². The van der Waals surface area contributed by atoms with Gasteiger partial charge in [-0.05, 0) is 24.6 Å². The maximum Gasteiger partial charge on any atom is 0.272 e. The van der Waals surface area contributed by atoms with Crippen LogP contribution in [0.3, 0.4) is 0 Å². The predicted octanol–water partition coefficient (Wildman–Crippen LogP) is 3.70. The van der Waals surface area contributed by atoms with E-state index in [9.17, 15) is 9.18 Å². The molecule has 0 saturated heterocycles. The zero-order chi connectivity index (χ0) is 16.7. The zero-order valence-electron chi connectivity index (χ0n) is 13.6. The SMILES string of the molecule is CCCCN(C)C(=O)c1cc(NCc2ccccc2F)ccn1. The van der Waals surface area contributed by atoms with E-state index in [0.29, 0.717) is 24.3 Å². The largest absolute Gasteiger partial charge is 0.381 e. The number of halogens is 1. The third-order valence-electron chi connectivity index (χ3n) is 3.61. The summed E-state index contributed by atoms with van der Waals surface area (Å²) in [5, 5.41) is 3.13. The minimum atomic E-state index is -0.246. The second kappa shape index (κ2) is 8.27. The van der Waals surface area contributed by atoms with Gasteiger partial charge in [0.05, 0.1) is 0 Å². The molecule has 0 aliphatic carbocycles. The summed E-state index contributed by atoms with van der Waals surface area (Å²) in [6.07, 6.45) is 3.59. The van der Waals surface area contributed by atoms with Gasteiger partial charge in [0, 0.05) is 37.6 Å². The van der Waals surface area contributed by atoms with Crippen LogP contribution in [0.2, 0.25) is 0 Å². The number of aromatic nitrogens is 1. The summed E-state index contributed by atoms with van der Waals surface area (Å²) in [6, 6.07) is 10.1. The highest BCUT2D eigenvalue weighted by Crippen LogP contribution is 2.13. The molecule has 1 N–H and O–H groups in total. The van der Waals surface area contributed by atoms with Gasteiger partial charge in [0.15, 0.2) is 0 Å². The van der Waals surface area contributed by atoms with E-state index in [1.807, 2.05) is 0 Å². The summed E-state index contributed by atoms with van der Waals surface area (Å²) < 4.78 is 13.6. The van der Waals surface area contributed by atoms with Gasteiger partial charge >= 0.3 is 0 Å². The number of nitrogens with one attached hydrogen (secondary N) is 1. The molecule has 1 heterocycles. The topological polar surface area (TPSA) is 45.2 Å². The van der Waals surface area contributed by atoms with Gasteiger partial charge in [-0.2, -0.15) is 0 Å². The number of amides is 1. The van der Waals surface area contributed by atoms with Crippen molar-refractivity contribution in [2.75, 3.05) is 18.9 Å². The van der Waals surface area contributed by atoms with Crippen LogP contribution < -0.4 is 5.32 Å². The number of unbranched alkanes of at least 4 members (excludes halogenated alkanes) is 1. The highest BCUT2D eigenvalue weighted by Gasteiger charge is 2.13. The molecule has 1 aromatic heterocycles. The minimum absolute atomic E-state index is 0.104. The van der Waals surface area contributed by atoms with Gasteiger partial charge in [-0.25, -0.2) is 4.39 Å². The zero-order valence-corrected chi connectivity index (χ0v) is 13.6. The Balaban J connectivity index is 2.02. The Morgan fingerprint density at radius 3 is 2.83 bits per heavy atom. The molecule has 1 amide bonds. The first-order chi connectivity index (χ1) is 11.1. The molecule has 1 aromatic carbocycles. The normalized spacial score (nSPS) is 10.4. The molecule has 5 heteroatoms. The predicted molar refractivity (Wildman–Crippen MR) is 89.8 cm³/mol. The van der Waals surface area contributed by atoms with E-state index in [1.54, 1.807) is 48.5 Å². The highest BCUT2D eigenvalue weighted by atomic mass is 19.1. The van der Waals surface area contributed by atoms with Crippen molar-refractivity contribution in [3.63, 3.8) is 0 Å². The first-order valence-corrected chi connectivity index (χ1v) is 7.80. The second-order valence-corrected chi connectivity index (χ2v) is 5.45. The molecule has 0 fully saturated rings. The number of hydrogen-bond donors (Lipinski definition) is 1. The Labute approximate surface area is 136 Å². The first kappa shape index (κ1) is 16.9. The number of carbonyl (C=O) groups excluding carboxylic acids is 1. The van der Waals surface area contributed by atoms with Gasteiger partial charge in [0.1, 0.15) is 11.5 Å². The number of pyridine rings is 1. The molecule has 0 atom stereocenters. The summed E-state index contributed by atoms with van der Waals surface area (Å²) in [7, 11) is 1.78. The standard InChI is InChI=1S/C18H22FN3O/c1-3-4-11-22(2)18(23)17-12-15(9-10-20-17)21-13-14-7-5-6-8-16(14)19/h5-10,12H,3-4,11,13H2,1-2H3,(H,20,21). The van der Waals surface area contributed by atoms with Crippen LogP contribution in [-0.4, -0.2) is 29.4 Å². The molecule has 0 unspecified atom stereocenters. The van der Waals surface area contributed by atoms with E-state index >= 15 is 0 Å². The van der Waals surface area contributed by atoms with Gasteiger partial charge in [-0.15, -0.1) is 0 Å². The van der Waals surface area contributed by atoms with E-state index in [0.717, 1.165) is 18.5 Å². The number of hydrogen-bond acceptors (Lipinski definition) is 3. The van der Waals surface area contributed by atoms with Crippen LogP contribution in [-0.2, 0) is 6.54 Å². The van der Waals surface area contributed by atoms with Crippen molar-refractivity contribution in [3.8, 4) is 0 Å². The summed E-state index contributed by atoms with van der Waals surface area (Å²) >= 11 is 0. The Hall–Kier alpha value is -2.43.